The van der Waals surface area contributed by atoms with Crippen LogP contribution in [-0.4, -0.2) is 57.8 Å². The molecule has 26 heavy (non-hydrogen) atoms. The van der Waals surface area contributed by atoms with Gasteiger partial charge in [-0.15, -0.1) is 0 Å². The van der Waals surface area contributed by atoms with Crippen LogP contribution >= 0.6 is 0 Å². The van der Waals surface area contributed by atoms with E-state index in [4.69, 9.17) is 0 Å². The zero-order valence-electron chi connectivity index (χ0n) is 16.4. The van der Waals surface area contributed by atoms with E-state index in [0.29, 0.717) is 11.4 Å². The molecule has 0 radical (unpaired) electrons. The highest BCUT2D eigenvalue weighted by Gasteiger charge is 2.27. The Labute approximate surface area is 158 Å². The maximum Gasteiger partial charge on any atom is 0.191 e. The van der Waals surface area contributed by atoms with Gasteiger partial charge in [-0.2, -0.15) is 0 Å². The largest absolute Gasteiger partial charge is 0.355 e. The Hall–Kier alpha value is -1.60. The number of rotatable bonds is 6. The number of guanidine groups is 1. The molecule has 0 atom stereocenters. The van der Waals surface area contributed by atoms with Crippen molar-refractivity contribution in [2.45, 2.75) is 50.1 Å². The molecular weight excluding hydrogens is 348 g/mol. The fraction of sp³-hybridized carbons (Fsp3) is 0.632. The zero-order chi connectivity index (χ0) is 19.2. The molecule has 0 amide bonds. The second kappa shape index (κ2) is 8.86. The summed E-state index contributed by atoms with van der Waals surface area (Å²) in [5.41, 5.74) is 1.09. The molecule has 1 fully saturated rings. The number of hydrogen-bond acceptors (Lipinski definition) is 4. The summed E-state index contributed by atoms with van der Waals surface area (Å²) in [6.07, 6.45) is 5.11. The Bertz CT molecular complexity index is 706. The Morgan fingerprint density at radius 2 is 1.73 bits per heavy atom. The molecule has 7 heteroatoms. The first-order valence-electron chi connectivity index (χ1n) is 9.21. The third-order valence-electron chi connectivity index (χ3n) is 4.94. The van der Waals surface area contributed by atoms with Crippen molar-refractivity contribution in [1.82, 2.24) is 15.5 Å². The van der Waals surface area contributed by atoms with Gasteiger partial charge in [0, 0.05) is 31.9 Å². The van der Waals surface area contributed by atoms with Crippen LogP contribution in [0.4, 0.5) is 0 Å². The molecule has 6 nitrogen and oxygen atoms in total. The average Bonchev–Trinajstić information content (AvgIpc) is 2.62. The van der Waals surface area contributed by atoms with Gasteiger partial charge in [0.15, 0.2) is 15.8 Å². The molecular formula is C19H32N4O2S. The second-order valence-electron chi connectivity index (χ2n) is 7.56. The van der Waals surface area contributed by atoms with E-state index in [9.17, 15) is 8.42 Å². The Kier molecular flexibility index (Phi) is 7.06. The molecule has 2 N–H and O–H groups in total. The summed E-state index contributed by atoms with van der Waals surface area (Å²) < 4.78 is 23.0. The van der Waals surface area contributed by atoms with Gasteiger partial charge in [0.25, 0.3) is 0 Å². The van der Waals surface area contributed by atoms with Gasteiger partial charge < -0.3 is 10.6 Å². The topological polar surface area (TPSA) is 73.8 Å². The first kappa shape index (κ1) is 20.7. The molecule has 0 aromatic heterocycles. The van der Waals surface area contributed by atoms with Gasteiger partial charge in [-0.25, -0.2) is 8.42 Å². The van der Waals surface area contributed by atoms with Crippen LogP contribution in [0.15, 0.2) is 34.2 Å². The summed E-state index contributed by atoms with van der Waals surface area (Å²) in [7, 11) is -1.39. The number of likely N-dealkylation sites (tertiary alicyclic amines) is 1. The maximum absolute atomic E-state index is 11.5. The van der Waals surface area contributed by atoms with E-state index in [1.165, 1.54) is 25.5 Å². The van der Waals surface area contributed by atoms with Crippen molar-refractivity contribution in [2.75, 3.05) is 32.9 Å². The molecule has 0 spiro atoms. The summed E-state index contributed by atoms with van der Waals surface area (Å²) in [4.78, 5) is 7.17. The van der Waals surface area contributed by atoms with Gasteiger partial charge in [-0.3, -0.25) is 9.89 Å². The molecule has 0 saturated carbocycles. The fourth-order valence-corrected chi connectivity index (χ4v) is 3.80. The van der Waals surface area contributed by atoms with Crippen molar-refractivity contribution in [3.8, 4) is 0 Å². The molecule has 1 aromatic rings. The summed E-state index contributed by atoms with van der Waals surface area (Å²) >= 11 is 0. The summed E-state index contributed by atoms with van der Waals surface area (Å²) in [6.45, 7) is 8.26. The van der Waals surface area contributed by atoms with Crippen molar-refractivity contribution >= 4 is 15.8 Å². The van der Waals surface area contributed by atoms with Gasteiger partial charge in [0.2, 0.25) is 0 Å². The van der Waals surface area contributed by atoms with E-state index in [1.54, 1.807) is 19.2 Å². The van der Waals surface area contributed by atoms with Gasteiger partial charge in [0.1, 0.15) is 0 Å². The van der Waals surface area contributed by atoms with Crippen molar-refractivity contribution in [3.63, 3.8) is 0 Å². The number of nitrogens with zero attached hydrogens (tertiary/aromatic N) is 2. The number of benzene rings is 1. The van der Waals surface area contributed by atoms with Crippen LogP contribution in [0.3, 0.4) is 0 Å². The number of nitrogens with one attached hydrogen (secondary N) is 2. The van der Waals surface area contributed by atoms with E-state index in [2.05, 4.69) is 34.4 Å². The second-order valence-corrected chi connectivity index (χ2v) is 9.57. The maximum atomic E-state index is 11.5. The van der Waals surface area contributed by atoms with Crippen LogP contribution in [-0.2, 0) is 16.4 Å². The molecule has 1 heterocycles. The molecule has 1 saturated heterocycles. The Balaban J connectivity index is 1.85. The molecule has 2 rings (SSSR count). The molecule has 1 aliphatic heterocycles. The first-order valence-corrected chi connectivity index (χ1v) is 11.1. The van der Waals surface area contributed by atoms with E-state index in [0.717, 1.165) is 31.2 Å². The fourth-order valence-electron chi connectivity index (χ4n) is 3.17. The van der Waals surface area contributed by atoms with Gasteiger partial charge in [0.05, 0.1) is 4.90 Å². The predicted octanol–water partition coefficient (Wildman–Crippen LogP) is 2.02. The number of piperidine rings is 1. The third kappa shape index (κ3) is 5.99. The standard InChI is InChI=1S/C19H32N4O2S/c1-19(2,23-12-6-5-7-13-23)15-22-18(20-3)21-14-16-8-10-17(11-9-16)26(4,24)25/h8-11H,5-7,12-15H2,1-4H3,(H2,20,21,22). The molecule has 0 bridgehead atoms. The highest BCUT2D eigenvalue weighted by atomic mass is 32.2. The minimum absolute atomic E-state index is 0.0785. The van der Waals surface area contributed by atoms with E-state index < -0.39 is 9.84 Å². The van der Waals surface area contributed by atoms with E-state index in [-0.39, 0.29) is 5.54 Å². The molecule has 1 aromatic carbocycles. The normalized spacial score (nSPS) is 17.2. The molecule has 0 aliphatic carbocycles. The average molecular weight is 381 g/mol. The van der Waals surface area contributed by atoms with Crippen molar-refractivity contribution in [1.29, 1.82) is 0 Å². The van der Waals surface area contributed by atoms with Crippen molar-refractivity contribution in [2.24, 2.45) is 4.99 Å². The third-order valence-corrected chi connectivity index (χ3v) is 6.06. The lowest BCUT2D eigenvalue weighted by molar-refractivity contribution is 0.0982. The summed E-state index contributed by atoms with van der Waals surface area (Å²) in [6, 6.07) is 6.94. The number of sulfone groups is 1. The Morgan fingerprint density at radius 1 is 1.12 bits per heavy atom. The highest BCUT2D eigenvalue weighted by Crippen LogP contribution is 2.19. The lowest BCUT2D eigenvalue weighted by Gasteiger charge is -2.41. The predicted molar refractivity (Wildman–Crippen MR) is 107 cm³/mol. The van der Waals surface area contributed by atoms with Crippen LogP contribution < -0.4 is 10.6 Å². The minimum atomic E-state index is -3.15. The summed E-state index contributed by atoms with van der Waals surface area (Å²) in [5, 5.41) is 6.70. The zero-order valence-corrected chi connectivity index (χ0v) is 17.2. The van der Waals surface area contributed by atoms with Gasteiger partial charge >= 0.3 is 0 Å². The van der Waals surface area contributed by atoms with Crippen LogP contribution in [0.2, 0.25) is 0 Å². The molecule has 1 aliphatic rings. The van der Waals surface area contributed by atoms with Crippen LogP contribution in [0.25, 0.3) is 0 Å². The van der Waals surface area contributed by atoms with Crippen molar-refractivity contribution in [3.05, 3.63) is 29.8 Å². The number of aliphatic imine (C=N–C) groups is 1. The molecule has 0 unspecified atom stereocenters. The van der Waals surface area contributed by atoms with Gasteiger partial charge in [-0.1, -0.05) is 18.6 Å². The highest BCUT2D eigenvalue weighted by molar-refractivity contribution is 7.90. The minimum Gasteiger partial charge on any atom is -0.355 e. The lowest BCUT2D eigenvalue weighted by Crippen LogP contribution is -2.54. The van der Waals surface area contributed by atoms with Crippen molar-refractivity contribution < 1.29 is 8.42 Å². The Morgan fingerprint density at radius 3 is 2.27 bits per heavy atom. The lowest BCUT2D eigenvalue weighted by atomic mass is 9.98. The monoisotopic (exact) mass is 380 g/mol. The number of hydrogen-bond donors (Lipinski definition) is 2. The summed E-state index contributed by atoms with van der Waals surface area (Å²) in [5.74, 6) is 0.752. The smallest absolute Gasteiger partial charge is 0.191 e. The van der Waals surface area contributed by atoms with Crippen LogP contribution in [0.1, 0.15) is 38.7 Å². The van der Waals surface area contributed by atoms with Gasteiger partial charge in [-0.05, 0) is 57.5 Å². The van der Waals surface area contributed by atoms with E-state index in [1.807, 2.05) is 12.1 Å². The van der Waals surface area contributed by atoms with Crippen LogP contribution in [0, 0.1) is 0 Å². The van der Waals surface area contributed by atoms with Crippen LogP contribution in [0.5, 0.6) is 0 Å². The first-order chi connectivity index (χ1) is 12.2. The molecule has 146 valence electrons. The van der Waals surface area contributed by atoms with E-state index >= 15 is 0 Å². The SMILES string of the molecule is CN=C(NCc1ccc(S(C)(=O)=O)cc1)NCC(C)(C)N1CCCCC1. The quantitative estimate of drug-likeness (QED) is 0.583.